The molecule has 0 bridgehead atoms. The molecule has 0 fully saturated rings. The Bertz CT molecular complexity index is 1370. The van der Waals surface area contributed by atoms with Crippen LogP contribution in [0.1, 0.15) is 67.7 Å². The van der Waals surface area contributed by atoms with Gasteiger partial charge in [0.1, 0.15) is 24.5 Å². The van der Waals surface area contributed by atoms with E-state index in [0.717, 1.165) is 16.7 Å². The molecule has 1 aliphatic rings. The molecule has 1 aliphatic heterocycles. The van der Waals surface area contributed by atoms with Gasteiger partial charge in [-0.25, -0.2) is 4.98 Å². The summed E-state index contributed by atoms with van der Waals surface area (Å²) in [5, 5.41) is 21.1. The molecule has 1 aromatic heterocycles. The van der Waals surface area contributed by atoms with Crippen LogP contribution in [0.4, 0.5) is 0 Å². The van der Waals surface area contributed by atoms with Crippen LogP contribution in [0.3, 0.4) is 0 Å². The van der Waals surface area contributed by atoms with Gasteiger partial charge in [0.2, 0.25) is 0 Å². The molecule has 40 heavy (non-hydrogen) atoms. The maximum Gasteiger partial charge on any atom is 0.163 e. The molecule has 8 heteroatoms. The number of hydrogen-bond acceptors (Lipinski definition) is 8. The Balaban J connectivity index is 1.62. The molecule has 0 aliphatic carbocycles. The van der Waals surface area contributed by atoms with Crippen LogP contribution in [0, 0.1) is 12.8 Å². The second kappa shape index (κ2) is 11.6. The summed E-state index contributed by atoms with van der Waals surface area (Å²) in [6.45, 7) is 9.85. The zero-order chi connectivity index (χ0) is 29.2. The van der Waals surface area contributed by atoms with Crippen molar-refractivity contribution in [3.8, 4) is 28.5 Å². The topological polar surface area (TPSA) is 124 Å². The van der Waals surface area contributed by atoms with Crippen molar-refractivity contribution in [2.24, 2.45) is 11.7 Å². The van der Waals surface area contributed by atoms with Crippen molar-refractivity contribution < 1.29 is 29.2 Å². The third-order valence-electron chi connectivity index (χ3n) is 7.64. The number of ether oxygens (including phenoxy) is 3. The van der Waals surface area contributed by atoms with Gasteiger partial charge >= 0.3 is 0 Å². The zero-order valence-electron chi connectivity index (χ0n) is 24.2. The minimum absolute atomic E-state index is 0.0805. The molecule has 2 heterocycles. The minimum atomic E-state index is -1.41. The third-order valence-corrected chi connectivity index (χ3v) is 7.64. The molecule has 214 valence electrons. The lowest BCUT2D eigenvalue weighted by molar-refractivity contribution is 0.0396. The van der Waals surface area contributed by atoms with E-state index in [2.05, 4.69) is 13.8 Å². The number of Topliss-reactive ketones (excluding diaryl/α,β-unsaturated/α-hetero) is 1. The number of benzene rings is 2. The van der Waals surface area contributed by atoms with E-state index in [1.54, 1.807) is 32.0 Å². The quantitative estimate of drug-likeness (QED) is 0.289. The monoisotopic (exact) mass is 548 g/mol. The van der Waals surface area contributed by atoms with Crippen LogP contribution in [0.5, 0.6) is 17.2 Å². The summed E-state index contributed by atoms with van der Waals surface area (Å²) in [4.78, 5) is 18.0. The van der Waals surface area contributed by atoms with Gasteiger partial charge in [0.15, 0.2) is 23.0 Å². The number of hydrogen-bond donors (Lipinski definition) is 3. The lowest BCUT2D eigenvalue weighted by Gasteiger charge is -2.29. The molecule has 0 saturated carbocycles. The lowest BCUT2D eigenvalue weighted by Crippen LogP contribution is -2.43. The minimum Gasteiger partial charge on any atom is -0.493 e. The molecule has 3 atom stereocenters. The number of fused-ring (bicyclic) bond motifs is 1. The number of nitrogens with zero attached hydrogens (tertiary/aromatic N) is 1. The van der Waals surface area contributed by atoms with Crippen molar-refractivity contribution in [1.29, 1.82) is 0 Å². The first-order valence-corrected chi connectivity index (χ1v) is 13.6. The smallest absolute Gasteiger partial charge is 0.163 e. The Morgan fingerprint density at radius 2 is 1.85 bits per heavy atom. The second-order valence-corrected chi connectivity index (χ2v) is 11.3. The van der Waals surface area contributed by atoms with Crippen LogP contribution < -0.4 is 19.9 Å². The van der Waals surface area contributed by atoms with Crippen molar-refractivity contribution >= 4 is 5.78 Å². The number of aliphatic hydroxyl groups excluding tert-OH is 1. The largest absolute Gasteiger partial charge is 0.493 e. The predicted molar refractivity (Wildman–Crippen MR) is 154 cm³/mol. The maximum atomic E-state index is 13.2. The van der Waals surface area contributed by atoms with E-state index in [1.807, 2.05) is 37.3 Å². The number of methoxy groups -OCH3 is 1. The Hall–Kier alpha value is -3.46. The van der Waals surface area contributed by atoms with Gasteiger partial charge in [0.05, 0.1) is 24.4 Å². The molecule has 0 saturated heterocycles. The highest BCUT2D eigenvalue weighted by molar-refractivity contribution is 5.96. The molecule has 4 N–H and O–H groups in total. The van der Waals surface area contributed by atoms with E-state index in [1.165, 1.54) is 7.11 Å². The van der Waals surface area contributed by atoms with Gasteiger partial charge in [-0.2, -0.15) is 0 Å². The highest BCUT2D eigenvalue weighted by atomic mass is 16.5. The predicted octanol–water partition coefficient (Wildman–Crippen LogP) is 4.90. The highest BCUT2D eigenvalue weighted by Gasteiger charge is 2.43. The number of carbonyl (C=O) groups is 1. The lowest BCUT2D eigenvalue weighted by atomic mass is 9.80. The number of carbonyl (C=O) groups excluding carboxylic acids is 1. The Morgan fingerprint density at radius 3 is 2.48 bits per heavy atom. The van der Waals surface area contributed by atoms with Gasteiger partial charge < -0.3 is 30.2 Å². The zero-order valence-corrected chi connectivity index (χ0v) is 24.2. The first-order valence-electron chi connectivity index (χ1n) is 13.6. The van der Waals surface area contributed by atoms with Gasteiger partial charge in [0, 0.05) is 23.1 Å². The fraction of sp³-hybridized carbons (Fsp3) is 0.438. The van der Waals surface area contributed by atoms with Gasteiger partial charge in [-0.1, -0.05) is 43.7 Å². The number of aliphatic hydroxyl groups is 2. The van der Waals surface area contributed by atoms with Gasteiger partial charge in [-0.15, -0.1) is 0 Å². The average molecular weight is 549 g/mol. The standard InChI is InChI=1S/C32H40N2O6/c1-19(2)32(33)18-40-30-24(32)16-28(34-29(30)22-9-7-20(3)8-10-22)31(5,37)14-13-25(36)23-11-12-26(27(15-23)38-6)39-17-21(4)35/h7-12,15-16,19,21,35,37H,13-14,17-18,33H2,1-6H3. The van der Waals surface area contributed by atoms with E-state index < -0.39 is 17.2 Å². The number of aromatic nitrogens is 1. The molecule has 3 aromatic rings. The molecule has 3 unspecified atom stereocenters. The van der Waals surface area contributed by atoms with Gasteiger partial charge in [-0.3, -0.25) is 4.79 Å². The van der Waals surface area contributed by atoms with Crippen LogP contribution in [0.25, 0.3) is 11.3 Å². The van der Waals surface area contributed by atoms with E-state index >= 15 is 0 Å². The molecule has 0 amide bonds. The highest BCUT2D eigenvalue weighted by Crippen LogP contribution is 2.46. The van der Waals surface area contributed by atoms with Crippen LogP contribution >= 0.6 is 0 Å². The fourth-order valence-electron chi connectivity index (χ4n) is 4.76. The number of pyridine rings is 1. The van der Waals surface area contributed by atoms with Crippen molar-refractivity contribution in [2.75, 3.05) is 20.3 Å². The van der Waals surface area contributed by atoms with Crippen LogP contribution in [0.15, 0.2) is 48.5 Å². The molecular formula is C32H40N2O6. The first kappa shape index (κ1) is 29.5. The summed E-state index contributed by atoms with van der Waals surface area (Å²) < 4.78 is 17.1. The molecule has 2 aromatic carbocycles. The maximum absolute atomic E-state index is 13.2. The van der Waals surface area contributed by atoms with E-state index in [0.29, 0.717) is 40.8 Å². The molecule has 0 radical (unpaired) electrons. The summed E-state index contributed by atoms with van der Waals surface area (Å²) >= 11 is 0. The number of nitrogens with two attached hydrogens (primary N) is 1. The van der Waals surface area contributed by atoms with Gasteiger partial charge in [-0.05, 0) is 57.4 Å². The van der Waals surface area contributed by atoms with E-state index in [9.17, 15) is 15.0 Å². The van der Waals surface area contributed by atoms with Crippen LogP contribution in [-0.4, -0.2) is 47.4 Å². The second-order valence-electron chi connectivity index (χ2n) is 11.3. The van der Waals surface area contributed by atoms with Crippen LogP contribution in [-0.2, 0) is 11.1 Å². The Kier molecular flexibility index (Phi) is 8.54. The Labute approximate surface area is 236 Å². The fourth-order valence-corrected chi connectivity index (χ4v) is 4.76. The van der Waals surface area contributed by atoms with Crippen molar-refractivity contribution in [3.63, 3.8) is 0 Å². The van der Waals surface area contributed by atoms with Crippen LogP contribution in [0.2, 0.25) is 0 Å². The van der Waals surface area contributed by atoms with E-state index in [4.69, 9.17) is 24.9 Å². The molecular weight excluding hydrogens is 508 g/mol. The summed E-state index contributed by atoms with van der Waals surface area (Å²) in [6.07, 6.45) is -0.408. The third kappa shape index (κ3) is 5.99. The van der Waals surface area contributed by atoms with E-state index in [-0.39, 0.29) is 31.1 Å². The number of rotatable bonds is 11. The molecule has 0 spiro atoms. The summed E-state index contributed by atoms with van der Waals surface area (Å²) in [5.41, 5.74) is 9.02. The van der Waals surface area contributed by atoms with Crippen molar-refractivity contribution in [1.82, 2.24) is 4.98 Å². The Morgan fingerprint density at radius 1 is 1.15 bits per heavy atom. The van der Waals surface area contributed by atoms with Gasteiger partial charge in [0.25, 0.3) is 0 Å². The average Bonchev–Trinajstić information content (AvgIpc) is 3.28. The summed E-state index contributed by atoms with van der Waals surface area (Å²) in [5.74, 6) is 1.41. The van der Waals surface area contributed by atoms with Crippen molar-refractivity contribution in [2.45, 2.75) is 64.7 Å². The molecule has 8 nitrogen and oxygen atoms in total. The summed E-state index contributed by atoms with van der Waals surface area (Å²) in [6, 6.07) is 14.7. The molecule has 4 rings (SSSR count). The number of ketones is 1. The summed E-state index contributed by atoms with van der Waals surface area (Å²) in [7, 11) is 1.49. The number of aryl methyl sites for hydroxylation is 1. The normalized spacial score (nSPS) is 18.6. The first-order chi connectivity index (χ1) is 18.9. The van der Waals surface area contributed by atoms with Crippen molar-refractivity contribution in [3.05, 3.63) is 70.9 Å². The SMILES string of the molecule is COc1cc(C(=O)CCC(C)(O)c2cc3c(c(-c4ccc(C)cc4)n2)OCC3(N)C(C)C)ccc1OCC(C)O.